The first kappa shape index (κ1) is 26.6. The van der Waals surface area contributed by atoms with Crippen LogP contribution in [0.15, 0.2) is 91.0 Å². The van der Waals surface area contributed by atoms with Gasteiger partial charge in [0, 0.05) is 25.8 Å². The lowest BCUT2D eigenvalue weighted by atomic mass is 9.87. The van der Waals surface area contributed by atoms with E-state index >= 15 is 0 Å². The Hall–Kier alpha value is -4.00. The second kappa shape index (κ2) is 12.7. The van der Waals surface area contributed by atoms with Gasteiger partial charge in [0.25, 0.3) is 0 Å². The van der Waals surface area contributed by atoms with Gasteiger partial charge in [-0.2, -0.15) is 0 Å². The molecule has 4 aromatic carbocycles. The fourth-order valence-corrected chi connectivity index (χ4v) is 5.07. The predicted octanol–water partition coefficient (Wildman–Crippen LogP) is 5.83. The van der Waals surface area contributed by atoms with E-state index in [4.69, 9.17) is 14.2 Å². The fraction of sp³-hybridized carbons (Fsp3) is 0.273. The number of esters is 2. The number of carbonyl (C=O) groups is 2. The number of fused-ring (bicyclic) bond motifs is 1. The highest BCUT2D eigenvalue weighted by molar-refractivity contribution is 5.93. The van der Waals surface area contributed by atoms with Crippen LogP contribution in [0.5, 0.6) is 5.75 Å². The van der Waals surface area contributed by atoms with Gasteiger partial charge in [0.1, 0.15) is 11.3 Å². The minimum atomic E-state index is -0.510. The van der Waals surface area contributed by atoms with Crippen LogP contribution in [0.3, 0.4) is 0 Å². The predicted molar refractivity (Wildman–Crippen MR) is 151 cm³/mol. The number of benzene rings is 4. The third kappa shape index (κ3) is 6.91. The molecule has 6 nitrogen and oxygen atoms in total. The Morgan fingerprint density at radius 2 is 1.62 bits per heavy atom. The summed E-state index contributed by atoms with van der Waals surface area (Å²) < 4.78 is 17.0. The van der Waals surface area contributed by atoms with E-state index in [-0.39, 0.29) is 24.0 Å². The number of hydrogen-bond acceptors (Lipinski definition) is 6. The first-order valence-electron chi connectivity index (χ1n) is 13.4. The minimum absolute atomic E-state index is 0.0920. The number of hydrogen-bond donors (Lipinski definition) is 1. The molecule has 0 bridgehead atoms. The van der Waals surface area contributed by atoms with Gasteiger partial charge < -0.3 is 19.5 Å². The Morgan fingerprint density at radius 3 is 2.44 bits per heavy atom. The molecule has 39 heavy (non-hydrogen) atoms. The summed E-state index contributed by atoms with van der Waals surface area (Å²) in [5.41, 5.74) is 3.76. The Labute approximate surface area is 228 Å². The van der Waals surface area contributed by atoms with Gasteiger partial charge in [-0.25, -0.2) is 4.79 Å². The molecule has 1 aliphatic rings. The lowest BCUT2D eigenvalue weighted by Crippen LogP contribution is -2.40. The molecule has 0 radical (unpaired) electrons. The number of piperidine rings is 1. The molecule has 2 atom stereocenters. The lowest BCUT2D eigenvalue weighted by Gasteiger charge is -2.32. The summed E-state index contributed by atoms with van der Waals surface area (Å²) in [4.78, 5) is 23.8. The van der Waals surface area contributed by atoms with Crippen LogP contribution in [0.25, 0.3) is 10.8 Å². The quantitative estimate of drug-likeness (QED) is 0.220. The molecule has 0 saturated carbocycles. The van der Waals surface area contributed by atoms with Crippen molar-refractivity contribution in [2.24, 2.45) is 0 Å². The Balaban J connectivity index is 1.15. The van der Waals surface area contributed by atoms with E-state index in [0.717, 1.165) is 25.1 Å². The van der Waals surface area contributed by atoms with Crippen molar-refractivity contribution in [3.05, 3.63) is 113 Å². The van der Waals surface area contributed by atoms with Crippen molar-refractivity contribution >= 4 is 22.7 Å². The second-order valence-electron chi connectivity index (χ2n) is 9.85. The van der Waals surface area contributed by atoms with Crippen molar-refractivity contribution < 1.29 is 23.8 Å². The van der Waals surface area contributed by atoms with Gasteiger partial charge in [0.15, 0.2) is 0 Å². The Kier molecular flexibility index (Phi) is 8.66. The Bertz CT molecular complexity index is 1430. The molecule has 0 aliphatic carbocycles. The molecule has 1 heterocycles. The zero-order valence-corrected chi connectivity index (χ0v) is 22.1. The van der Waals surface area contributed by atoms with E-state index in [2.05, 4.69) is 72.0 Å². The zero-order valence-electron chi connectivity index (χ0n) is 22.1. The topological polar surface area (TPSA) is 73.9 Å². The van der Waals surface area contributed by atoms with E-state index in [1.54, 1.807) is 24.3 Å². The van der Waals surface area contributed by atoms with Gasteiger partial charge >= 0.3 is 11.9 Å². The number of ether oxygens (including phenoxy) is 3. The number of rotatable bonds is 9. The van der Waals surface area contributed by atoms with Crippen molar-refractivity contribution in [1.29, 1.82) is 0 Å². The third-order valence-corrected chi connectivity index (χ3v) is 7.10. The maximum atomic E-state index is 12.5. The van der Waals surface area contributed by atoms with Gasteiger partial charge in [-0.15, -0.1) is 0 Å². The van der Waals surface area contributed by atoms with Gasteiger partial charge in [0.05, 0.1) is 19.3 Å². The molecule has 2 unspecified atom stereocenters. The van der Waals surface area contributed by atoms with Crippen LogP contribution >= 0.6 is 0 Å². The molecule has 200 valence electrons. The number of para-hydroxylation sites is 1. The SMILES string of the molecule is CC(=O)Oc1ccccc1C(=O)OCCc1ccc(C2CCNCC2OCc2ccc3ccccc3c2)cc1. The normalized spacial score (nSPS) is 17.1. The highest BCUT2D eigenvalue weighted by Gasteiger charge is 2.27. The standard InChI is InChI=1S/C33H33NO5/c1-23(35)39-31-9-5-4-8-30(31)33(36)37-19-17-24-10-14-27(15-11-24)29-16-18-34-21-32(29)38-22-25-12-13-26-6-2-3-7-28(26)20-25/h2-15,20,29,32,34H,16-19,21-22H2,1H3. The monoisotopic (exact) mass is 523 g/mol. The van der Waals surface area contributed by atoms with Crippen LogP contribution in [0.4, 0.5) is 0 Å². The van der Waals surface area contributed by atoms with E-state index in [9.17, 15) is 9.59 Å². The molecule has 4 aromatic rings. The average molecular weight is 524 g/mol. The van der Waals surface area contributed by atoms with E-state index in [0.29, 0.717) is 18.9 Å². The lowest BCUT2D eigenvalue weighted by molar-refractivity contribution is -0.131. The van der Waals surface area contributed by atoms with Crippen LogP contribution in [0, 0.1) is 0 Å². The summed E-state index contributed by atoms with van der Waals surface area (Å²) in [5.74, 6) is -0.468. The van der Waals surface area contributed by atoms with E-state index < -0.39 is 11.9 Å². The van der Waals surface area contributed by atoms with Crippen molar-refractivity contribution in [2.75, 3.05) is 19.7 Å². The molecule has 5 rings (SSSR count). The highest BCUT2D eigenvalue weighted by Crippen LogP contribution is 2.29. The summed E-state index contributed by atoms with van der Waals surface area (Å²) in [6, 6.07) is 30.0. The third-order valence-electron chi connectivity index (χ3n) is 7.10. The summed E-state index contributed by atoms with van der Waals surface area (Å²) in [5, 5.41) is 5.94. The smallest absolute Gasteiger partial charge is 0.341 e. The average Bonchev–Trinajstić information content (AvgIpc) is 2.96. The van der Waals surface area contributed by atoms with Crippen LogP contribution in [0.1, 0.15) is 46.3 Å². The number of carbonyl (C=O) groups excluding carboxylic acids is 2. The first-order valence-corrected chi connectivity index (χ1v) is 13.4. The minimum Gasteiger partial charge on any atom is -0.462 e. The van der Waals surface area contributed by atoms with Gasteiger partial charge in [-0.05, 0) is 58.6 Å². The van der Waals surface area contributed by atoms with Crippen LogP contribution in [0.2, 0.25) is 0 Å². The van der Waals surface area contributed by atoms with Crippen molar-refractivity contribution in [3.63, 3.8) is 0 Å². The molecule has 0 spiro atoms. The van der Waals surface area contributed by atoms with Crippen molar-refractivity contribution in [2.45, 2.75) is 38.4 Å². The molecular formula is C33H33NO5. The summed E-state index contributed by atoms with van der Waals surface area (Å²) in [6.07, 6.45) is 1.70. The van der Waals surface area contributed by atoms with Gasteiger partial charge in [0.2, 0.25) is 0 Å². The molecular weight excluding hydrogens is 490 g/mol. The Morgan fingerprint density at radius 1 is 0.872 bits per heavy atom. The highest BCUT2D eigenvalue weighted by atomic mass is 16.5. The zero-order chi connectivity index (χ0) is 27.0. The maximum absolute atomic E-state index is 12.5. The summed E-state index contributed by atoms with van der Waals surface area (Å²) >= 11 is 0. The largest absolute Gasteiger partial charge is 0.462 e. The van der Waals surface area contributed by atoms with Crippen molar-refractivity contribution in [1.82, 2.24) is 5.32 Å². The van der Waals surface area contributed by atoms with Crippen LogP contribution < -0.4 is 10.1 Å². The molecule has 1 fully saturated rings. The van der Waals surface area contributed by atoms with Crippen molar-refractivity contribution in [3.8, 4) is 5.75 Å². The molecule has 1 aliphatic heterocycles. The number of nitrogens with one attached hydrogen (secondary N) is 1. The van der Waals surface area contributed by atoms with Gasteiger partial charge in [-0.1, -0.05) is 72.8 Å². The molecule has 1 saturated heterocycles. The van der Waals surface area contributed by atoms with E-state index in [1.807, 2.05) is 0 Å². The van der Waals surface area contributed by atoms with Crippen LogP contribution in [-0.4, -0.2) is 37.7 Å². The van der Waals surface area contributed by atoms with Gasteiger partial charge in [-0.3, -0.25) is 4.79 Å². The summed E-state index contributed by atoms with van der Waals surface area (Å²) in [7, 11) is 0. The molecule has 6 heteroatoms. The maximum Gasteiger partial charge on any atom is 0.341 e. The molecule has 0 amide bonds. The molecule has 0 aromatic heterocycles. The fourth-order valence-electron chi connectivity index (χ4n) is 5.07. The second-order valence-corrected chi connectivity index (χ2v) is 9.85. The van der Waals surface area contributed by atoms with Crippen LogP contribution in [-0.2, 0) is 27.3 Å². The summed E-state index contributed by atoms with van der Waals surface area (Å²) in [6.45, 7) is 3.90. The molecule has 1 N–H and O–H groups in total. The van der Waals surface area contributed by atoms with E-state index in [1.165, 1.54) is 28.8 Å². The first-order chi connectivity index (χ1) is 19.1.